The zero-order valence-corrected chi connectivity index (χ0v) is 29.5. The maximum atomic E-state index is 14.6. The molecular formula is C38H46F4N8O2. The standard InChI is InChI=1S/C38H46F4N8O2/c1-5-24(2)34(26(4)44-17-8-9-18-50-23-43-22-46-50)48-36(52)37(49-25(3)21-45-33(51)19-27-11-6-7-14-31(27)39)16-15-32-29(20-37)28-12-10-13-30(35(28)47-32)38(40,41)42/h6-7,10-14,22-24,34,44,47,49H,3-5,8-9,15-21H2,1-2H3,(H,45,51)(H,48,52)/t24-,34?,37+/m0/s1. The molecular weight excluding hydrogens is 676 g/mol. The van der Waals surface area contributed by atoms with Crippen molar-refractivity contribution in [3.05, 3.63) is 108 Å². The Morgan fingerprint density at radius 2 is 1.88 bits per heavy atom. The fraction of sp³-hybridized carbons (Fsp3) is 0.421. The van der Waals surface area contributed by atoms with Gasteiger partial charge in [0.05, 0.1) is 30.1 Å². The van der Waals surface area contributed by atoms with Crippen molar-refractivity contribution in [3.8, 4) is 0 Å². The third-order valence-corrected chi connectivity index (χ3v) is 9.78. The van der Waals surface area contributed by atoms with Gasteiger partial charge in [-0.3, -0.25) is 14.3 Å². The van der Waals surface area contributed by atoms with Gasteiger partial charge in [0.1, 0.15) is 24.0 Å². The predicted molar refractivity (Wildman–Crippen MR) is 191 cm³/mol. The van der Waals surface area contributed by atoms with E-state index in [0.29, 0.717) is 34.6 Å². The second kappa shape index (κ2) is 16.5. The minimum atomic E-state index is -4.57. The largest absolute Gasteiger partial charge is 0.418 e. The first kappa shape index (κ1) is 38.1. The molecule has 0 saturated carbocycles. The third-order valence-electron chi connectivity index (χ3n) is 9.78. The molecule has 5 rings (SSSR count). The van der Waals surface area contributed by atoms with Crippen LogP contribution in [0.4, 0.5) is 17.6 Å². The van der Waals surface area contributed by atoms with Crippen LogP contribution in [0.3, 0.4) is 0 Å². The molecule has 2 amide bonds. The number of amides is 2. The second-order valence-electron chi connectivity index (χ2n) is 13.5. The molecule has 4 aromatic rings. The summed E-state index contributed by atoms with van der Waals surface area (Å²) < 4.78 is 57.9. The number of hydrogen-bond donors (Lipinski definition) is 5. The maximum absolute atomic E-state index is 14.6. The van der Waals surface area contributed by atoms with Gasteiger partial charge in [-0.25, -0.2) is 9.37 Å². The van der Waals surface area contributed by atoms with Crippen LogP contribution >= 0.6 is 0 Å². The van der Waals surface area contributed by atoms with E-state index in [9.17, 15) is 27.2 Å². The van der Waals surface area contributed by atoms with Crippen LogP contribution in [-0.4, -0.2) is 56.2 Å². The average Bonchev–Trinajstić information content (AvgIpc) is 3.77. The predicted octanol–water partition coefficient (Wildman–Crippen LogP) is 5.72. The van der Waals surface area contributed by atoms with E-state index in [1.807, 2.05) is 13.8 Å². The third kappa shape index (κ3) is 9.01. The Balaban J connectivity index is 1.35. The summed E-state index contributed by atoms with van der Waals surface area (Å²) in [4.78, 5) is 34.3. The van der Waals surface area contributed by atoms with Crippen LogP contribution in [0.1, 0.15) is 61.9 Å². The van der Waals surface area contributed by atoms with Gasteiger partial charge < -0.3 is 26.3 Å². The molecule has 0 spiro atoms. The summed E-state index contributed by atoms with van der Waals surface area (Å²) in [6.07, 6.45) is 1.42. The fourth-order valence-corrected chi connectivity index (χ4v) is 6.72. The first-order chi connectivity index (χ1) is 24.8. The zero-order chi connectivity index (χ0) is 37.5. The highest BCUT2D eigenvalue weighted by atomic mass is 19.4. The number of halogens is 4. The zero-order valence-electron chi connectivity index (χ0n) is 29.5. The van der Waals surface area contributed by atoms with Gasteiger partial charge >= 0.3 is 6.18 Å². The highest BCUT2D eigenvalue weighted by molar-refractivity contribution is 5.92. The molecule has 1 unspecified atom stereocenters. The molecule has 2 heterocycles. The molecule has 0 fully saturated rings. The SMILES string of the molecule is C=C(CNC(=O)Cc1ccccc1F)N[C@]1(C(=O)NC(C(=C)NCCCCn2cncn2)[C@@H](C)CC)CCc2[nH]c3c(C(F)(F)F)cccc3c2C1. The topological polar surface area (TPSA) is 129 Å². The number of para-hydroxylation sites is 1. The summed E-state index contributed by atoms with van der Waals surface area (Å²) in [5.74, 6) is -1.29. The molecule has 10 nitrogen and oxygen atoms in total. The summed E-state index contributed by atoms with van der Waals surface area (Å²) in [7, 11) is 0. The number of fused-ring (bicyclic) bond motifs is 3. The quantitative estimate of drug-likeness (QED) is 0.0701. The molecule has 0 radical (unpaired) electrons. The number of aromatic nitrogens is 4. The molecule has 278 valence electrons. The highest BCUT2D eigenvalue weighted by Crippen LogP contribution is 2.40. The number of nitrogens with zero attached hydrogens (tertiary/aromatic N) is 3. The summed E-state index contributed by atoms with van der Waals surface area (Å²) in [6.45, 7) is 13.7. The van der Waals surface area contributed by atoms with E-state index in [-0.39, 0.29) is 55.1 Å². The Hall–Kier alpha value is -5.14. The molecule has 0 saturated heterocycles. The Morgan fingerprint density at radius 3 is 2.60 bits per heavy atom. The van der Waals surface area contributed by atoms with E-state index in [4.69, 9.17) is 0 Å². The number of carbonyl (C=O) groups excluding carboxylic acids is 2. The highest BCUT2D eigenvalue weighted by Gasteiger charge is 2.45. The van der Waals surface area contributed by atoms with Crippen molar-refractivity contribution in [2.75, 3.05) is 13.1 Å². The number of hydrogen-bond acceptors (Lipinski definition) is 6. The van der Waals surface area contributed by atoms with Crippen molar-refractivity contribution >= 4 is 22.7 Å². The first-order valence-corrected chi connectivity index (χ1v) is 17.5. The van der Waals surface area contributed by atoms with E-state index >= 15 is 0 Å². The van der Waals surface area contributed by atoms with Gasteiger partial charge in [0.2, 0.25) is 11.8 Å². The van der Waals surface area contributed by atoms with Crippen LogP contribution < -0.4 is 21.3 Å². The van der Waals surface area contributed by atoms with E-state index in [0.717, 1.165) is 31.9 Å². The summed E-state index contributed by atoms with van der Waals surface area (Å²) in [6, 6.07) is 9.58. The minimum Gasteiger partial charge on any atom is -0.387 e. The minimum absolute atomic E-state index is 0.00129. The van der Waals surface area contributed by atoms with Crippen molar-refractivity contribution < 1.29 is 27.2 Å². The number of aromatic amines is 1. The number of unbranched alkanes of at least 4 members (excludes halogenated alkanes) is 1. The van der Waals surface area contributed by atoms with Crippen LogP contribution in [0.15, 0.2) is 79.7 Å². The Kier molecular flexibility index (Phi) is 12.1. The summed E-state index contributed by atoms with van der Waals surface area (Å²) >= 11 is 0. The van der Waals surface area contributed by atoms with Gasteiger partial charge in [-0.15, -0.1) is 0 Å². The van der Waals surface area contributed by atoms with Crippen molar-refractivity contribution in [1.82, 2.24) is 41.0 Å². The lowest BCUT2D eigenvalue weighted by molar-refractivity contribution is -0.136. The number of nitrogens with one attached hydrogen (secondary N) is 5. The molecule has 14 heteroatoms. The lowest BCUT2D eigenvalue weighted by Crippen LogP contribution is -2.62. The van der Waals surface area contributed by atoms with Crippen molar-refractivity contribution in [2.45, 2.75) is 83.1 Å². The Bertz CT molecular complexity index is 1890. The van der Waals surface area contributed by atoms with Gasteiger partial charge in [-0.05, 0) is 54.9 Å². The van der Waals surface area contributed by atoms with E-state index in [2.05, 4.69) is 49.5 Å². The van der Waals surface area contributed by atoms with Crippen LogP contribution in [0.2, 0.25) is 0 Å². The molecule has 5 N–H and O–H groups in total. The normalized spacial score (nSPS) is 16.8. The number of carbonyl (C=O) groups is 2. The van der Waals surface area contributed by atoms with Gasteiger partial charge in [0, 0.05) is 42.0 Å². The van der Waals surface area contributed by atoms with E-state index < -0.39 is 35.0 Å². The van der Waals surface area contributed by atoms with Gasteiger partial charge in [-0.2, -0.15) is 18.3 Å². The smallest absolute Gasteiger partial charge is 0.387 e. The number of alkyl halides is 3. The summed E-state index contributed by atoms with van der Waals surface area (Å²) in [5.41, 5.74) is 0.336. The fourth-order valence-electron chi connectivity index (χ4n) is 6.72. The van der Waals surface area contributed by atoms with Crippen LogP contribution in [-0.2, 0) is 41.6 Å². The van der Waals surface area contributed by atoms with E-state index in [1.54, 1.807) is 29.2 Å². The Morgan fingerprint density at radius 1 is 1.10 bits per heavy atom. The van der Waals surface area contributed by atoms with Crippen LogP contribution in [0.25, 0.3) is 10.9 Å². The number of benzene rings is 2. The second-order valence-corrected chi connectivity index (χ2v) is 13.5. The van der Waals surface area contributed by atoms with Crippen LogP contribution in [0, 0.1) is 11.7 Å². The molecule has 2 aromatic carbocycles. The first-order valence-electron chi connectivity index (χ1n) is 17.5. The van der Waals surface area contributed by atoms with E-state index in [1.165, 1.54) is 24.5 Å². The molecule has 0 bridgehead atoms. The molecule has 1 aliphatic carbocycles. The molecule has 2 aromatic heterocycles. The van der Waals surface area contributed by atoms with Crippen LogP contribution in [0.5, 0.6) is 0 Å². The molecule has 1 aliphatic rings. The van der Waals surface area contributed by atoms with Gasteiger partial charge in [-0.1, -0.05) is 63.8 Å². The number of H-pyrrole nitrogens is 1. The Labute approximate surface area is 300 Å². The lowest BCUT2D eigenvalue weighted by atomic mass is 9.78. The summed E-state index contributed by atoms with van der Waals surface area (Å²) in [5, 5.41) is 17.1. The molecule has 0 aliphatic heterocycles. The van der Waals surface area contributed by atoms with Crippen molar-refractivity contribution in [1.29, 1.82) is 0 Å². The lowest BCUT2D eigenvalue weighted by Gasteiger charge is -2.40. The maximum Gasteiger partial charge on any atom is 0.418 e. The van der Waals surface area contributed by atoms with Crippen molar-refractivity contribution in [3.63, 3.8) is 0 Å². The van der Waals surface area contributed by atoms with Crippen molar-refractivity contribution in [2.24, 2.45) is 5.92 Å². The van der Waals surface area contributed by atoms with Gasteiger partial charge in [0.25, 0.3) is 0 Å². The monoisotopic (exact) mass is 722 g/mol. The number of rotatable bonds is 17. The van der Waals surface area contributed by atoms with Gasteiger partial charge in [0.15, 0.2) is 0 Å². The number of aryl methyl sites for hydroxylation is 2. The molecule has 52 heavy (non-hydrogen) atoms. The average molecular weight is 723 g/mol. The molecule has 3 atom stereocenters.